The van der Waals surface area contributed by atoms with E-state index in [1.165, 1.54) is 5.56 Å². The van der Waals surface area contributed by atoms with Crippen LogP contribution in [-0.2, 0) is 17.1 Å². The largest absolute Gasteiger partial charge is 0.467 e. The molecule has 0 unspecified atom stereocenters. The van der Waals surface area contributed by atoms with Crippen molar-refractivity contribution in [2.75, 3.05) is 5.75 Å². The fourth-order valence-corrected chi connectivity index (χ4v) is 3.78. The number of nitrogens with zero attached hydrogens (tertiary/aromatic N) is 1. The van der Waals surface area contributed by atoms with Crippen LogP contribution >= 0.6 is 23.1 Å². The van der Waals surface area contributed by atoms with Crippen LogP contribution < -0.4 is 5.32 Å². The van der Waals surface area contributed by atoms with Gasteiger partial charge in [0.15, 0.2) is 0 Å². The summed E-state index contributed by atoms with van der Waals surface area (Å²) in [5.74, 6) is 1.91. The highest BCUT2D eigenvalue weighted by Crippen LogP contribution is 2.25. The second-order valence-corrected chi connectivity index (χ2v) is 7.20. The number of benzene rings is 1. The number of furan rings is 1. The number of thiazole rings is 1. The molecule has 3 aromatic rings. The van der Waals surface area contributed by atoms with E-state index in [1.54, 1.807) is 29.4 Å². The Hall–Kier alpha value is -2.05. The van der Waals surface area contributed by atoms with Gasteiger partial charge in [-0.2, -0.15) is 0 Å². The van der Waals surface area contributed by atoms with Crippen LogP contribution in [0.2, 0.25) is 0 Å². The average Bonchev–Trinajstić information content (AvgIpc) is 3.25. The Kier molecular flexibility index (Phi) is 5.72. The number of carbonyl (C=O) groups excluding carboxylic acids is 1. The van der Waals surface area contributed by atoms with Gasteiger partial charge in [0.2, 0.25) is 5.91 Å². The standard InChI is InChI=1S/C18H18N2O2S2/c1-13-4-6-14(7-5-13)18-20-15(11-24-18)10-23-12-17(21)19-9-16-3-2-8-22-16/h2-8,11H,9-10,12H2,1H3,(H,19,21). The fraction of sp³-hybridized carbons (Fsp3) is 0.222. The summed E-state index contributed by atoms with van der Waals surface area (Å²) in [7, 11) is 0. The molecule has 0 bridgehead atoms. The minimum atomic E-state index is 0.00499. The topological polar surface area (TPSA) is 55.1 Å². The van der Waals surface area contributed by atoms with Crippen molar-refractivity contribution in [3.05, 3.63) is 65.1 Å². The number of nitrogens with one attached hydrogen (secondary N) is 1. The van der Waals surface area contributed by atoms with E-state index in [0.717, 1.165) is 27.8 Å². The first kappa shape index (κ1) is 16.8. The molecule has 0 spiro atoms. The Balaban J connectivity index is 1.43. The molecule has 0 aliphatic heterocycles. The third-order valence-corrected chi connectivity index (χ3v) is 5.28. The molecular formula is C18H18N2O2S2. The number of thioether (sulfide) groups is 1. The van der Waals surface area contributed by atoms with E-state index >= 15 is 0 Å². The van der Waals surface area contributed by atoms with Crippen molar-refractivity contribution < 1.29 is 9.21 Å². The lowest BCUT2D eigenvalue weighted by molar-refractivity contribution is -0.118. The first-order valence-corrected chi connectivity index (χ1v) is 9.62. The molecule has 6 heteroatoms. The van der Waals surface area contributed by atoms with Crippen LogP contribution in [0.15, 0.2) is 52.5 Å². The number of rotatable bonds is 7. The average molecular weight is 358 g/mol. The third kappa shape index (κ3) is 4.72. The first-order valence-electron chi connectivity index (χ1n) is 7.59. The predicted octanol–water partition coefficient (Wildman–Crippen LogP) is 4.26. The Morgan fingerprint density at radius 3 is 2.88 bits per heavy atom. The molecule has 0 saturated heterocycles. The van der Waals surface area contributed by atoms with Crippen molar-refractivity contribution >= 4 is 29.0 Å². The Morgan fingerprint density at radius 2 is 2.12 bits per heavy atom. The molecule has 24 heavy (non-hydrogen) atoms. The second kappa shape index (κ2) is 8.17. The Labute approximate surface area is 149 Å². The SMILES string of the molecule is Cc1ccc(-c2nc(CSCC(=O)NCc3ccco3)cs2)cc1. The molecule has 0 saturated carbocycles. The summed E-state index contributed by atoms with van der Waals surface area (Å²) in [6.45, 7) is 2.51. The number of hydrogen-bond acceptors (Lipinski definition) is 5. The number of hydrogen-bond donors (Lipinski definition) is 1. The molecule has 124 valence electrons. The zero-order valence-electron chi connectivity index (χ0n) is 13.3. The highest BCUT2D eigenvalue weighted by Gasteiger charge is 2.07. The molecule has 0 aliphatic rings. The van der Waals surface area contributed by atoms with Gasteiger partial charge >= 0.3 is 0 Å². The summed E-state index contributed by atoms with van der Waals surface area (Å²) in [5, 5.41) is 5.92. The molecule has 1 amide bonds. The van der Waals surface area contributed by atoms with Crippen LogP contribution in [0.5, 0.6) is 0 Å². The summed E-state index contributed by atoms with van der Waals surface area (Å²) in [5.41, 5.74) is 3.39. The molecule has 0 fully saturated rings. The van der Waals surface area contributed by atoms with E-state index in [-0.39, 0.29) is 5.91 Å². The van der Waals surface area contributed by atoms with E-state index < -0.39 is 0 Å². The summed E-state index contributed by atoms with van der Waals surface area (Å²) >= 11 is 3.20. The van der Waals surface area contributed by atoms with Gasteiger partial charge in [0.25, 0.3) is 0 Å². The van der Waals surface area contributed by atoms with Gasteiger partial charge in [-0.1, -0.05) is 29.8 Å². The van der Waals surface area contributed by atoms with E-state index in [4.69, 9.17) is 4.42 Å². The van der Waals surface area contributed by atoms with Crippen LogP contribution in [0.3, 0.4) is 0 Å². The number of amides is 1. The lowest BCUT2D eigenvalue weighted by Crippen LogP contribution is -2.24. The van der Waals surface area contributed by atoms with Gasteiger partial charge in [-0.3, -0.25) is 4.79 Å². The lowest BCUT2D eigenvalue weighted by Gasteiger charge is -2.02. The molecule has 2 heterocycles. The van der Waals surface area contributed by atoms with Crippen LogP contribution in [0.1, 0.15) is 17.0 Å². The van der Waals surface area contributed by atoms with Gasteiger partial charge in [-0.25, -0.2) is 4.98 Å². The predicted molar refractivity (Wildman–Crippen MR) is 99.0 cm³/mol. The summed E-state index contributed by atoms with van der Waals surface area (Å²) in [6, 6.07) is 12.0. The molecule has 0 aliphatic carbocycles. The van der Waals surface area contributed by atoms with Crippen LogP contribution in [0, 0.1) is 6.92 Å². The maximum absolute atomic E-state index is 11.8. The molecule has 1 aromatic carbocycles. The van der Waals surface area contributed by atoms with Gasteiger partial charge in [0.05, 0.1) is 24.3 Å². The van der Waals surface area contributed by atoms with Crippen molar-refractivity contribution in [1.82, 2.24) is 10.3 Å². The van der Waals surface area contributed by atoms with Gasteiger partial charge in [-0.05, 0) is 19.1 Å². The molecule has 1 N–H and O–H groups in total. The minimum absolute atomic E-state index is 0.00499. The highest BCUT2D eigenvalue weighted by atomic mass is 32.2. The zero-order valence-corrected chi connectivity index (χ0v) is 15.0. The zero-order chi connectivity index (χ0) is 16.8. The van der Waals surface area contributed by atoms with E-state index in [9.17, 15) is 4.79 Å². The second-order valence-electron chi connectivity index (χ2n) is 5.36. The molecule has 0 atom stereocenters. The normalized spacial score (nSPS) is 10.7. The highest BCUT2D eigenvalue weighted by molar-refractivity contribution is 7.99. The number of aromatic nitrogens is 1. The minimum Gasteiger partial charge on any atom is -0.467 e. The van der Waals surface area contributed by atoms with Gasteiger partial charge in [0.1, 0.15) is 10.8 Å². The maximum Gasteiger partial charge on any atom is 0.230 e. The number of aryl methyl sites for hydroxylation is 1. The lowest BCUT2D eigenvalue weighted by atomic mass is 10.2. The quantitative estimate of drug-likeness (QED) is 0.685. The van der Waals surface area contributed by atoms with Crippen molar-refractivity contribution in [3.63, 3.8) is 0 Å². The van der Waals surface area contributed by atoms with Gasteiger partial charge in [-0.15, -0.1) is 23.1 Å². The molecule has 3 rings (SSSR count). The van der Waals surface area contributed by atoms with Crippen molar-refractivity contribution in [3.8, 4) is 10.6 Å². The molecule has 2 aromatic heterocycles. The van der Waals surface area contributed by atoms with Crippen LogP contribution in [0.4, 0.5) is 0 Å². The Morgan fingerprint density at radius 1 is 1.29 bits per heavy atom. The monoisotopic (exact) mass is 358 g/mol. The number of carbonyl (C=O) groups is 1. The maximum atomic E-state index is 11.8. The van der Waals surface area contributed by atoms with E-state index in [0.29, 0.717) is 12.3 Å². The first-order chi connectivity index (χ1) is 11.7. The summed E-state index contributed by atoms with van der Waals surface area (Å²) in [4.78, 5) is 16.4. The van der Waals surface area contributed by atoms with Crippen molar-refractivity contribution in [1.29, 1.82) is 0 Å². The van der Waals surface area contributed by atoms with Gasteiger partial charge in [0, 0.05) is 16.7 Å². The summed E-state index contributed by atoms with van der Waals surface area (Å²) in [6.07, 6.45) is 1.60. The van der Waals surface area contributed by atoms with E-state index in [2.05, 4.69) is 46.9 Å². The van der Waals surface area contributed by atoms with Crippen LogP contribution in [-0.4, -0.2) is 16.6 Å². The molecule has 0 radical (unpaired) electrons. The molecule has 4 nitrogen and oxygen atoms in total. The van der Waals surface area contributed by atoms with Crippen molar-refractivity contribution in [2.24, 2.45) is 0 Å². The Bertz CT molecular complexity index is 780. The molecular weight excluding hydrogens is 340 g/mol. The smallest absolute Gasteiger partial charge is 0.230 e. The van der Waals surface area contributed by atoms with Crippen LogP contribution in [0.25, 0.3) is 10.6 Å². The third-order valence-electron chi connectivity index (χ3n) is 3.37. The van der Waals surface area contributed by atoms with E-state index in [1.807, 2.05) is 12.1 Å². The van der Waals surface area contributed by atoms with Crippen molar-refractivity contribution in [2.45, 2.75) is 19.2 Å². The fourth-order valence-electron chi connectivity index (χ4n) is 2.10. The van der Waals surface area contributed by atoms with Gasteiger partial charge < -0.3 is 9.73 Å². The summed E-state index contributed by atoms with van der Waals surface area (Å²) < 4.78 is 5.18.